The summed E-state index contributed by atoms with van der Waals surface area (Å²) >= 11 is 8.71. The first-order valence-corrected chi connectivity index (χ1v) is 10.4. The fourth-order valence-corrected chi connectivity index (χ4v) is 4.58. The van der Waals surface area contributed by atoms with Gasteiger partial charge in [0, 0.05) is 11.3 Å². The summed E-state index contributed by atoms with van der Waals surface area (Å²) in [5.41, 5.74) is 0. The van der Waals surface area contributed by atoms with Gasteiger partial charge in [0.25, 0.3) is 0 Å². The van der Waals surface area contributed by atoms with E-state index in [2.05, 4.69) is 20.5 Å². The average Bonchev–Trinajstić information content (AvgIpc) is 3.31. The number of amides is 1. The number of hydrogen-bond acceptors (Lipinski definition) is 5. The molecule has 2 N–H and O–H groups in total. The minimum Gasteiger partial charge on any atom is -0.350 e. The Balaban J connectivity index is 1.35. The molecule has 0 aliphatic heterocycles. The van der Waals surface area contributed by atoms with Gasteiger partial charge in [0.2, 0.25) is 11.1 Å². The SMILES string of the molecule is O=C(CSc1n[nH]c(CCC2CCCC2)n1)NCc1ccc(Cl)s1. The molecule has 0 radical (unpaired) electrons. The van der Waals surface area contributed by atoms with E-state index in [1.807, 2.05) is 12.1 Å². The summed E-state index contributed by atoms with van der Waals surface area (Å²) in [4.78, 5) is 17.4. The van der Waals surface area contributed by atoms with Crippen LogP contribution in [0.1, 0.15) is 42.8 Å². The van der Waals surface area contributed by atoms with Gasteiger partial charge >= 0.3 is 0 Å². The zero-order chi connectivity index (χ0) is 16.8. The van der Waals surface area contributed by atoms with E-state index in [-0.39, 0.29) is 5.91 Å². The molecule has 5 nitrogen and oxygen atoms in total. The Morgan fingerprint density at radius 3 is 3.00 bits per heavy atom. The summed E-state index contributed by atoms with van der Waals surface area (Å²) in [5, 5.41) is 10.7. The third kappa shape index (κ3) is 5.50. The van der Waals surface area contributed by atoms with E-state index in [0.29, 0.717) is 17.5 Å². The summed E-state index contributed by atoms with van der Waals surface area (Å²) in [7, 11) is 0. The second-order valence-corrected chi connectivity index (χ2v) is 8.77. The summed E-state index contributed by atoms with van der Waals surface area (Å²) in [6.07, 6.45) is 7.58. The van der Waals surface area contributed by atoms with Crippen molar-refractivity contribution in [2.24, 2.45) is 5.92 Å². The maximum Gasteiger partial charge on any atom is 0.230 e. The average molecular weight is 385 g/mol. The number of halogens is 1. The molecule has 1 saturated carbocycles. The van der Waals surface area contributed by atoms with Crippen LogP contribution in [-0.2, 0) is 17.8 Å². The highest BCUT2D eigenvalue weighted by Crippen LogP contribution is 2.28. The van der Waals surface area contributed by atoms with Gasteiger partial charge in [0.1, 0.15) is 5.82 Å². The lowest BCUT2D eigenvalue weighted by atomic mass is 10.0. The quantitative estimate of drug-likeness (QED) is 0.673. The van der Waals surface area contributed by atoms with Gasteiger partial charge in [-0.2, -0.15) is 0 Å². The molecule has 2 heterocycles. The molecule has 24 heavy (non-hydrogen) atoms. The van der Waals surface area contributed by atoms with Gasteiger partial charge in [-0.15, -0.1) is 16.4 Å². The lowest BCUT2D eigenvalue weighted by molar-refractivity contribution is -0.118. The fraction of sp³-hybridized carbons (Fsp3) is 0.562. The molecule has 1 aliphatic carbocycles. The van der Waals surface area contributed by atoms with Crippen molar-refractivity contribution in [2.45, 2.75) is 50.2 Å². The zero-order valence-corrected chi connectivity index (χ0v) is 15.8. The van der Waals surface area contributed by atoms with Crippen molar-refractivity contribution in [2.75, 3.05) is 5.75 Å². The third-order valence-electron chi connectivity index (χ3n) is 4.20. The van der Waals surface area contributed by atoms with Crippen LogP contribution in [0.2, 0.25) is 4.34 Å². The summed E-state index contributed by atoms with van der Waals surface area (Å²) in [6, 6.07) is 3.76. The number of thiophene rings is 1. The number of aryl methyl sites for hydroxylation is 1. The molecule has 1 aliphatic rings. The summed E-state index contributed by atoms with van der Waals surface area (Å²) in [6.45, 7) is 0.511. The molecular weight excluding hydrogens is 364 g/mol. The molecule has 0 bridgehead atoms. The predicted octanol–water partition coefficient (Wildman–Crippen LogP) is 4.05. The molecule has 0 spiro atoms. The Bertz CT molecular complexity index is 667. The molecule has 1 fully saturated rings. The van der Waals surface area contributed by atoms with E-state index < -0.39 is 0 Å². The zero-order valence-electron chi connectivity index (χ0n) is 13.4. The van der Waals surface area contributed by atoms with Gasteiger partial charge < -0.3 is 5.32 Å². The molecule has 0 atom stereocenters. The van der Waals surface area contributed by atoms with Crippen LogP contribution >= 0.6 is 34.7 Å². The first kappa shape index (κ1) is 17.8. The Morgan fingerprint density at radius 2 is 2.25 bits per heavy atom. The maximum atomic E-state index is 11.9. The molecule has 0 aromatic carbocycles. The van der Waals surface area contributed by atoms with E-state index in [1.54, 1.807) is 0 Å². The van der Waals surface area contributed by atoms with Crippen LogP contribution in [0.4, 0.5) is 0 Å². The highest BCUT2D eigenvalue weighted by molar-refractivity contribution is 7.99. The van der Waals surface area contributed by atoms with E-state index in [1.165, 1.54) is 55.2 Å². The lowest BCUT2D eigenvalue weighted by Gasteiger charge is -2.05. The Kier molecular flexibility index (Phi) is 6.57. The minimum atomic E-state index is -0.0261. The van der Waals surface area contributed by atoms with Crippen molar-refractivity contribution in [1.82, 2.24) is 20.5 Å². The van der Waals surface area contributed by atoms with Gasteiger partial charge in [0.15, 0.2) is 0 Å². The fourth-order valence-electron chi connectivity index (χ4n) is 2.91. The summed E-state index contributed by atoms with van der Waals surface area (Å²) < 4.78 is 0.736. The number of aromatic nitrogens is 3. The monoisotopic (exact) mass is 384 g/mol. The molecule has 130 valence electrons. The number of aromatic amines is 1. The van der Waals surface area contributed by atoms with Crippen molar-refractivity contribution in [3.63, 3.8) is 0 Å². The second-order valence-electron chi connectivity index (χ2n) is 6.03. The number of hydrogen-bond donors (Lipinski definition) is 2. The number of rotatable bonds is 8. The maximum absolute atomic E-state index is 11.9. The van der Waals surface area contributed by atoms with Crippen molar-refractivity contribution in [3.05, 3.63) is 27.2 Å². The van der Waals surface area contributed by atoms with Crippen LogP contribution in [-0.4, -0.2) is 26.8 Å². The highest BCUT2D eigenvalue weighted by Gasteiger charge is 2.16. The Hall–Kier alpha value is -1.05. The first-order valence-electron chi connectivity index (χ1n) is 8.24. The second kappa shape index (κ2) is 8.87. The van der Waals surface area contributed by atoms with E-state index >= 15 is 0 Å². The van der Waals surface area contributed by atoms with Gasteiger partial charge in [-0.1, -0.05) is 49.0 Å². The first-order chi connectivity index (χ1) is 11.7. The standard InChI is InChI=1S/C16H21ClN4OS2/c17-13-7-6-12(24-13)9-18-15(22)10-23-16-19-14(20-21-16)8-5-11-3-1-2-4-11/h6-7,11H,1-5,8-10H2,(H,18,22)(H,19,20,21). The van der Waals surface area contributed by atoms with E-state index in [9.17, 15) is 4.79 Å². The minimum absolute atomic E-state index is 0.0261. The molecule has 2 aromatic heterocycles. The van der Waals surface area contributed by atoms with Gasteiger partial charge in [-0.3, -0.25) is 9.89 Å². The number of H-pyrrole nitrogens is 1. The van der Waals surface area contributed by atoms with Gasteiger partial charge in [-0.25, -0.2) is 4.98 Å². The van der Waals surface area contributed by atoms with Crippen molar-refractivity contribution in [1.29, 1.82) is 0 Å². The van der Waals surface area contributed by atoms with Crippen molar-refractivity contribution >= 4 is 40.6 Å². The molecule has 8 heteroatoms. The van der Waals surface area contributed by atoms with Gasteiger partial charge in [0.05, 0.1) is 16.6 Å². The van der Waals surface area contributed by atoms with Crippen LogP contribution in [0.3, 0.4) is 0 Å². The third-order valence-corrected chi connectivity index (χ3v) is 6.27. The molecule has 3 rings (SSSR count). The topological polar surface area (TPSA) is 70.7 Å². The molecule has 0 saturated heterocycles. The largest absolute Gasteiger partial charge is 0.350 e. The number of carbonyl (C=O) groups is 1. The van der Waals surface area contributed by atoms with Crippen LogP contribution in [0.25, 0.3) is 0 Å². The number of nitrogens with one attached hydrogen (secondary N) is 2. The van der Waals surface area contributed by atoms with E-state index in [4.69, 9.17) is 11.6 Å². The molecular formula is C16H21ClN4OS2. The predicted molar refractivity (Wildman–Crippen MR) is 98.6 cm³/mol. The van der Waals surface area contributed by atoms with E-state index in [0.717, 1.165) is 27.4 Å². The number of thioether (sulfide) groups is 1. The highest BCUT2D eigenvalue weighted by atomic mass is 35.5. The van der Waals surface area contributed by atoms with Crippen LogP contribution < -0.4 is 5.32 Å². The molecule has 2 aromatic rings. The number of nitrogens with zero attached hydrogens (tertiary/aromatic N) is 2. The Morgan fingerprint density at radius 1 is 1.42 bits per heavy atom. The summed E-state index contributed by atoms with van der Waals surface area (Å²) in [5.74, 6) is 2.07. The van der Waals surface area contributed by atoms with Gasteiger partial charge in [-0.05, 0) is 24.5 Å². The van der Waals surface area contributed by atoms with Crippen LogP contribution in [0, 0.1) is 5.92 Å². The van der Waals surface area contributed by atoms with Crippen LogP contribution in [0.15, 0.2) is 17.3 Å². The van der Waals surface area contributed by atoms with Crippen LogP contribution in [0.5, 0.6) is 0 Å². The van der Waals surface area contributed by atoms with Crippen molar-refractivity contribution < 1.29 is 4.79 Å². The van der Waals surface area contributed by atoms with Crippen molar-refractivity contribution in [3.8, 4) is 0 Å². The lowest BCUT2D eigenvalue weighted by Crippen LogP contribution is -2.24. The Labute approximate surface area is 155 Å². The normalized spacial score (nSPS) is 15.0. The number of carbonyl (C=O) groups excluding carboxylic acids is 1. The smallest absolute Gasteiger partial charge is 0.230 e. The molecule has 1 amide bonds. The molecule has 0 unspecified atom stereocenters.